The minimum absolute atomic E-state index is 0.0367. The van der Waals surface area contributed by atoms with Gasteiger partial charge in [0.15, 0.2) is 5.78 Å². The molecule has 1 aliphatic heterocycles. The minimum atomic E-state index is -0.281. The van der Waals surface area contributed by atoms with Crippen molar-refractivity contribution in [2.75, 3.05) is 20.1 Å². The van der Waals surface area contributed by atoms with Crippen LogP contribution in [-0.4, -0.2) is 42.8 Å². The Kier molecular flexibility index (Phi) is 6.31. The van der Waals surface area contributed by atoms with Gasteiger partial charge in [0.1, 0.15) is 0 Å². The number of hydrazine groups is 1. The lowest BCUT2D eigenvalue weighted by Crippen LogP contribution is -2.43. The molecule has 19 heavy (non-hydrogen) atoms. The van der Waals surface area contributed by atoms with Crippen LogP contribution in [0.1, 0.15) is 25.7 Å². The van der Waals surface area contributed by atoms with Crippen molar-refractivity contribution in [3.05, 3.63) is 11.9 Å². The summed E-state index contributed by atoms with van der Waals surface area (Å²) in [5.41, 5.74) is 7.67. The molecule has 0 bridgehead atoms. The van der Waals surface area contributed by atoms with Gasteiger partial charge < -0.3 is 21.4 Å². The highest BCUT2D eigenvalue weighted by molar-refractivity contribution is 5.96. The number of amides is 1. The van der Waals surface area contributed by atoms with Crippen LogP contribution in [0.4, 0.5) is 0 Å². The van der Waals surface area contributed by atoms with Gasteiger partial charge in [0.05, 0.1) is 5.70 Å². The molecule has 7 nitrogen and oxygen atoms in total. The smallest absolute Gasteiger partial charge is 0.220 e. The fraction of sp³-hybridized carbons (Fsp3) is 0.667. The Morgan fingerprint density at radius 3 is 2.53 bits per heavy atom. The largest absolute Gasteiger partial charge is 0.395 e. The average molecular weight is 269 g/mol. The number of ketones is 1. The van der Waals surface area contributed by atoms with Gasteiger partial charge >= 0.3 is 0 Å². The molecule has 7 heteroatoms. The summed E-state index contributed by atoms with van der Waals surface area (Å²) in [7, 11) is 2.07. The maximum absolute atomic E-state index is 11.7. The van der Waals surface area contributed by atoms with Crippen molar-refractivity contribution in [1.82, 2.24) is 15.6 Å². The van der Waals surface area contributed by atoms with Crippen molar-refractivity contribution in [3.63, 3.8) is 0 Å². The zero-order valence-corrected chi connectivity index (χ0v) is 11.3. The highest BCUT2D eigenvalue weighted by atomic mass is 16.2. The number of hydrogen-bond donors (Lipinski definition) is 4. The topological polar surface area (TPSA) is 113 Å². The highest BCUT2D eigenvalue weighted by Crippen LogP contribution is 2.08. The Bertz CT molecular complexity index is 348. The van der Waals surface area contributed by atoms with Crippen LogP contribution in [0.3, 0.4) is 0 Å². The van der Waals surface area contributed by atoms with E-state index in [9.17, 15) is 9.59 Å². The van der Waals surface area contributed by atoms with Gasteiger partial charge in [0.2, 0.25) is 5.91 Å². The van der Waals surface area contributed by atoms with Gasteiger partial charge in [-0.3, -0.25) is 15.4 Å². The van der Waals surface area contributed by atoms with Gasteiger partial charge in [0.25, 0.3) is 0 Å². The van der Waals surface area contributed by atoms with E-state index >= 15 is 0 Å². The molecule has 0 atom stereocenters. The molecular weight excluding hydrogens is 246 g/mol. The number of hydrogen-bond acceptors (Lipinski definition) is 6. The van der Waals surface area contributed by atoms with Crippen LogP contribution in [0.2, 0.25) is 0 Å². The number of rotatable bonds is 6. The average Bonchev–Trinajstić information content (AvgIpc) is 2.39. The fourth-order valence-corrected chi connectivity index (χ4v) is 1.99. The number of nitrogens with two attached hydrogens (primary N) is 2. The Morgan fingerprint density at radius 2 is 1.95 bits per heavy atom. The number of allylic oxidation sites excluding steroid dienone is 1. The molecule has 1 saturated heterocycles. The van der Waals surface area contributed by atoms with Crippen LogP contribution in [0.5, 0.6) is 0 Å². The normalized spacial score (nSPS) is 18.1. The Labute approximate surface area is 113 Å². The SMILES string of the molecule is CN1CCC(NC(=O)CCC(=O)/C(N)=C/NN)CC1. The molecule has 0 aromatic rings. The first-order chi connectivity index (χ1) is 9.02. The van der Waals surface area contributed by atoms with E-state index < -0.39 is 0 Å². The first kappa shape index (κ1) is 15.5. The third-order valence-electron chi connectivity index (χ3n) is 3.22. The van der Waals surface area contributed by atoms with Crippen LogP contribution < -0.4 is 22.3 Å². The molecule has 0 aromatic carbocycles. The molecule has 0 spiro atoms. The van der Waals surface area contributed by atoms with Gasteiger partial charge in [-0.1, -0.05) is 0 Å². The van der Waals surface area contributed by atoms with Crippen molar-refractivity contribution >= 4 is 11.7 Å². The van der Waals surface area contributed by atoms with Crippen LogP contribution in [0.25, 0.3) is 0 Å². The third kappa shape index (κ3) is 5.71. The number of nitrogens with zero attached hydrogens (tertiary/aromatic N) is 1. The first-order valence-electron chi connectivity index (χ1n) is 6.45. The summed E-state index contributed by atoms with van der Waals surface area (Å²) in [5, 5.41) is 2.95. The maximum atomic E-state index is 11.7. The maximum Gasteiger partial charge on any atom is 0.220 e. The lowest BCUT2D eigenvalue weighted by Gasteiger charge is -2.29. The van der Waals surface area contributed by atoms with Gasteiger partial charge in [-0.2, -0.15) is 0 Å². The molecule has 1 rings (SSSR count). The van der Waals surface area contributed by atoms with E-state index in [0.29, 0.717) is 0 Å². The standard InChI is InChI=1S/C12H23N5O2/c1-17-6-4-9(5-7-17)16-12(19)3-2-11(18)10(13)8-15-14/h8-9,15H,2-7,13-14H2,1H3,(H,16,19)/b10-8-. The molecule has 0 aliphatic carbocycles. The quantitative estimate of drug-likeness (QED) is 0.274. The number of carbonyl (C=O) groups is 2. The van der Waals surface area contributed by atoms with E-state index in [4.69, 9.17) is 11.6 Å². The monoisotopic (exact) mass is 269 g/mol. The van der Waals surface area contributed by atoms with Gasteiger partial charge in [-0.05, 0) is 33.0 Å². The molecule has 1 heterocycles. The van der Waals surface area contributed by atoms with E-state index in [1.54, 1.807) is 0 Å². The van der Waals surface area contributed by atoms with Crippen LogP contribution in [0.15, 0.2) is 11.9 Å². The third-order valence-corrected chi connectivity index (χ3v) is 3.22. The molecule has 6 N–H and O–H groups in total. The van der Waals surface area contributed by atoms with Crippen molar-refractivity contribution in [2.45, 2.75) is 31.7 Å². The van der Waals surface area contributed by atoms with Crippen LogP contribution in [0, 0.1) is 0 Å². The Morgan fingerprint density at radius 1 is 1.32 bits per heavy atom. The van der Waals surface area contributed by atoms with Crippen molar-refractivity contribution < 1.29 is 9.59 Å². The van der Waals surface area contributed by atoms with Crippen molar-refractivity contribution in [1.29, 1.82) is 0 Å². The number of piperidine rings is 1. The second-order valence-electron chi connectivity index (χ2n) is 4.83. The van der Waals surface area contributed by atoms with Gasteiger partial charge in [-0.25, -0.2) is 0 Å². The summed E-state index contributed by atoms with van der Waals surface area (Å²) >= 11 is 0. The molecule has 1 aliphatic rings. The van der Waals surface area contributed by atoms with E-state index in [2.05, 4.69) is 22.7 Å². The van der Waals surface area contributed by atoms with Crippen LogP contribution in [-0.2, 0) is 9.59 Å². The second kappa shape index (κ2) is 7.75. The van der Waals surface area contributed by atoms with Gasteiger partial charge in [0, 0.05) is 25.1 Å². The van der Waals surface area contributed by atoms with E-state index in [-0.39, 0.29) is 36.3 Å². The summed E-state index contributed by atoms with van der Waals surface area (Å²) in [5.74, 6) is 4.63. The van der Waals surface area contributed by atoms with Crippen molar-refractivity contribution in [2.24, 2.45) is 11.6 Å². The predicted molar refractivity (Wildman–Crippen MR) is 72.5 cm³/mol. The lowest BCUT2D eigenvalue weighted by molar-refractivity contribution is -0.124. The van der Waals surface area contributed by atoms with Crippen LogP contribution >= 0.6 is 0 Å². The van der Waals surface area contributed by atoms with E-state index in [1.807, 2.05) is 0 Å². The van der Waals surface area contributed by atoms with Gasteiger partial charge in [-0.15, -0.1) is 0 Å². The molecule has 0 saturated carbocycles. The molecular formula is C12H23N5O2. The molecule has 1 fully saturated rings. The van der Waals surface area contributed by atoms with E-state index in [1.165, 1.54) is 6.20 Å². The van der Waals surface area contributed by atoms with Crippen molar-refractivity contribution in [3.8, 4) is 0 Å². The summed E-state index contributed by atoms with van der Waals surface area (Å²) in [6.45, 7) is 1.98. The predicted octanol–water partition coefficient (Wildman–Crippen LogP) is -1.19. The summed E-state index contributed by atoms with van der Waals surface area (Å²) in [6, 6.07) is 0.220. The summed E-state index contributed by atoms with van der Waals surface area (Å²) in [6.07, 6.45) is 3.38. The number of Topliss-reactive ketones (excluding diaryl/α,β-unsaturated/α-hetero) is 1. The number of likely N-dealkylation sites (tertiary alicyclic amines) is 1. The highest BCUT2D eigenvalue weighted by Gasteiger charge is 2.18. The lowest BCUT2D eigenvalue weighted by atomic mass is 10.1. The number of carbonyl (C=O) groups excluding carboxylic acids is 2. The summed E-state index contributed by atoms with van der Waals surface area (Å²) in [4.78, 5) is 25.4. The Balaban J connectivity index is 2.24. The zero-order chi connectivity index (χ0) is 14.3. The zero-order valence-electron chi connectivity index (χ0n) is 11.3. The summed E-state index contributed by atoms with van der Waals surface area (Å²) < 4.78 is 0. The molecule has 0 unspecified atom stereocenters. The molecule has 1 amide bonds. The number of nitrogens with one attached hydrogen (secondary N) is 2. The molecule has 0 aromatic heterocycles. The Hall–Kier alpha value is -1.60. The molecule has 0 radical (unpaired) electrons. The van der Waals surface area contributed by atoms with E-state index in [0.717, 1.165) is 25.9 Å². The minimum Gasteiger partial charge on any atom is -0.395 e. The molecule has 108 valence electrons. The fourth-order valence-electron chi connectivity index (χ4n) is 1.99. The first-order valence-corrected chi connectivity index (χ1v) is 6.45. The second-order valence-corrected chi connectivity index (χ2v) is 4.83.